The number of hydrogen-bond acceptors (Lipinski definition) is 2. The summed E-state index contributed by atoms with van der Waals surface area (Å²) < 4.78 is 26.7. The van der Waals surface area contributed by atoms with E-state index in [-0.39, 0.29) is 11.4 Å². The largest absolute Gasteiger partial charge is 0.342 e. The average molecular weight is 251 g/mol. The highest BCUT2D eigenvalue weighted by atomic mass is 19.2. The summed E-state index contributed by atoms with van der Waals surface area (Å²) in [5.74, 6) is -0.657. The van der Waals surface area contributed by atoms with Crippen molar-refractivity contribution in [1.82, 2.24) is 15.3 Å². The Hall–Kier alpha value is -1.49. The van der Waals surface area contributed by atoms with Crippen molar-refractivity contribution >= 4 is 11.0 Å². The molecular weight excluding hydrogens is 236 g/mol. The van der Waals surface area contributed by atoms with Gasteiger partial charge in [0.15, 0.2) is 11.6 Å². The Morgan fingerprint density at radius 2 is 2.17 bits per heavy atom. The van der Waals surface area contributed by atoms with Crippen LogP contribution in [0.2, 0.25) is 0 Å². The zero-order valence-electron chi connectivity index (χ0n) is 10.1. The number of rotatable bonds is 1. The molecule has 0 radical (unpaired) electrons. The van der Waals surface area contributed by atoms with Crippen molar-refractivity contribution < 1.29 is 8.78 Å². The fourth-order valence-electron chi connectivity index (χ4n) is 2.61. The minimum atomic E-state index is -0.864. The van der Waals surface area contributed by atoms with Crippen LogP contribution in [0.15, 0.2) is 12.1 Å². The van der Waals surface area contributed by atoms with Crippen molar-refractivity contribution in [2.75, 3.05) is 6.54 Å². The number of nitrogens with one attached hydrogen (secondary N) is 2. The third-order valence-corrected chi connectivity index (χ3v) is 3.57. The molecule has 2 atom stereocenters. The number of hydrogen-bond donors (Lipinski definition) is 2. The van der Waals surface area contributed by atoms with E-state index in [1.807, 2.05) is 0 Å². The van der Waals surface area contributed by atoms with Crippen LogP contribution in [0.3, 0.4) is 0 Å². The van der Waals surface area contributed by atoms with Gasteiger partial charge >= 0.3 is 0 Å². The van der Waals surface area contributed by atoms with Gasteiger partial charge in [-0.05, 0) is 38.4 Å². The first-order chi connectivity index (χ1) is 8.65. The maximum absolute atomic E-state index is 13.6. The van der Waals surface area contributed by atoms with Crippen LogP contribution in [0, 0.1) is 11.6 Å². The molecule has 1 aromatic heterocycles. The van der Waals surface area contributed by atoms with Gasteiger partial charge < -0.3 is 10.3 Å². The quantitative estimate of drug-likeness (QED) is 0.818. The van der Waals surface area contributed by atoms with Gasteiger partial charge in [0.05, 0.1) is 5.52 Å². The molecule has 1 saturated heterocycles. The third-order valence-electron chi connectivity index (χ3n) is 3.57. The second-order valence-corrected chi connectivity index (χ2v) is 4.96. The summed E-state index contributed by atoms with van der Waals surface area (Å²) in [5.41, 5.74) is 0.672. The van der Waals surface area contributed by atoms with Gasteiger partial charge in [0.25, 0.3) is 0 Å². The monoisotopic (exact) mass is 251 g/mol. The van der Waals surface area contributed by atoms with Crippen LogP contribution in [0.25, 0.3) is 11.0 Å². The van der Waals surface area contributed by atoms with E-state index in [9.17, 15) is 8.78 Å². The summed E-state index contributed by atoms with van der Waals surface area (Å²) in [4.78, 5) is 7.34. The first-order valence-electron chi connectivity index (χ1n) is 6.22. The predicted molar refractivity (Wildman–Crippen MR) is 65.4 cm³/mol. The van der Waals surface area contributed by atoms with E-state index in [0.29, 0.717) is 11.6 Å². The minimum Gasteiger partial charge on any atom is -0.342 e. The summed E-state index contributed by atoms with van der Waals surface area (Å²) in [7, 11) is 0. The summed E-state index contributed by atoms with van der Waals surface area (Å²) in [6.07, 6.45) is 1.93. The lowest BCUT2D eigenvalue weighted by Gasteiger charge is -2.26. The first kappa shape index (κ1) is 11.6. The van der Waals surface area contributed by atoms with E-state index in [1.54, 1.807) is 0 Å². The number of benzene rings is 1. The second kappa shape index (κ2) is 4.31. The number of imidazole rings is 1. The van der Waals surface area contributed by atoms with Gasteiger partial charge in [-0.3, -0.25) is 0 Å². The molecule has 0 saturated carbocycles. The van der Waals surface area contributed by atoms with Crippen LogP contribution in [0.1, 0.15) is 31.5 Å². The average Bonchev–Trinajstić information content (AvgIpc) is 2.79. The smallest absolute Gasteiger partial charge is 0.186 e. The Bertz CT molecular complexity index is 579. The first-order valence-corrected chi connectivity index (χ1v) is 6.22. The van der Waals surface area contributed by atoms with E-state index in [1.165, 1.54) is 6.07 Å². The van der Waals surface area contributed by atoms with Gasteiger partial charge in [0, 0.05) is 12.0 Å². The molecule has 2 heterocycles. The topological polar surface area (TPSA) is 40.7 Å². The molecule has 96 valence electrons. The molecule has 0 bridgehead atoms. The van der Waals surface area contributed by atoms with Crippen LogP contribution in [-0.2, 0) is 0 Å². The lowest BCUT2D eigenvalue weighted by atomic mass is 9.93. The maximum Gasteiger partial charge on any atom is 0.186 e. The van der Waals surface area contributed by atoms with E-state index in [4.69, 9.17) is 0 Å². The van der Waals surface area contributed by atoms with Crippen molar-refractivity contribution in [3.05, 3.63) is 29.6 Å². The number of nitrogens with zero attached hydrogens (tertiary/aromatic N) is 1. The van der Waals surface area contributed by atoms with Crippen LogP contribution < -0.4 is 5.32 Å². The van der Waals surface area contributed by atoms with E-state index in [2.05, 4.69) is 22.2 Å². The molecule has 1 fully saturated rings. The van der Waals surface area contributed by atoms with E-state index < -0.39 is 11.6 Å². The molecule has 3 rings (SSSR count). The van der Waals surface area contributed by atoms with Gasteiger partial charge in [-0.2, -0.15) is 0 Å². The maximum atomic E-state index is 13.6. The SMILES string of the molecule is CC1CC(c2nc3c(F)c(F)ccc3[nH]2)CCN1. The molecule has 1 aliphatic heterocycles. The highest BCUT2D eigenvalue weighted by Crippen LogP contribution is 2.28. The number of halogens is 2. The third kappa shape index (κ3) is 1.88. The van der Waals surface area contributed by atoms with Gasteiger partial charge in [-0.25, -0.2) is 13.8 Å². The normalized spacial score (nSPS) is 24.6. The molecule has 3 nitrogen and oxygen atoms in total. The molecule has 1 aromatic carbocycles. The molecule has 2 unspecified atom stereocenters. The van der Waals surface area contributed by atoms with E-state index in [0.717, 1.165) is 31.3 Å². The molecule has 0 aliphatic carbocycles. The van der Waals surface area contributed by atoms with Crippen LogP contribution in [0.5, 0.6) is 0 Å². The zero-order valence-corrected chi connectivity index (χ0v) is 10.1. The number of aromatic amines is 1. The number of fused-ring (bicyclic) bond motifs is 1. The van der Waals surface area contributed by atoms with Crippen LogP contribution in [-0.4, -0.2) is 22.6 Å². The molecule has 2 N–H and O–H groups in total. The van der Waals surface area contributed by atoms with Crippen molar-refractivity contribution in [3.8, 4) is 0 Å². The molecular formula is C13H15F2N3. The van der Waals surface area contributed by atoms with Crippen molar-refractivity contribution in [1.29, 1.82) is 0 Å². The van der Waals surface area contributed by atoms with Gasteiger partial charge in [-0.1, -0.05) is 0 Å². The molecule has 0 amide bonds. The summed E-state index contributed by atoms with van der Waals surface area (Å²) in [6.45, 7) is 3.05. The Balaban J connectivity index is 2.00. The highest BCUT2D eigenvalue weighted by Gasteiger charge is 2.23. The zero-order chi connectivity index (χ0) is 12.7. The van der Waals surface area contributed by atoms with Crippen molar-refractivity contribution in [3.63, 3.8) is 0 Å². The summed E-state index contributed by atoms with van der Waals surface area (Å²) >= 11 is 0. The van der Waals surface area contributed by atoms with Gasteiger partial charge in [0.2, 0.25) is 0 Å². The Morgan fingerprint density at radius 1 is 1.33 bits per heavy atom. The number of aromatic nitrogens is 2. The number of H-pyrrole nitrogens is 1. The number of piperidine rings is 1. The lowest BCUT2D eigenvalue weighted by Crippen LogP contribution is -2.35. The van der Waals surface area contributed by atoms with Crippen LogP contribution in [0.4, 0.5) is 8.78 Å². The van der Waals surface area contributed by atoms with E-state index >= 15 is 0 Å². The molecule has 2 aromatic rings. The fraction of sp³-hybridized carbons (Fsp3) is 0.462. The second-order valence-electron chi connectivity index (χ2n) is 4.96. The van der Waals surface area contributed by atoms with Crippen molar-refractivity contribution in [2.24, 2.45) is 0 Å². The Kier molecular flexibility index (Phi) is 2.78. The molecule has 1 aliphatic rings. The minimum absolute atomic E-state index is 0.108. The molecule has 5 heteroatoms. The predicted octanol–water partition coefficient (Wildman–Crippen LogP) is 2.70. The fourth-order valence-corrected chi connectivity index (χ4v) is 2.61. The Morgan fingerprint density at radius 3 is 2.94 bits per heavy atom. The highest BCUT2D eigenvalue weighted by molar-refractivity contribution is 5.75. The lowest BCUT2D eigenvalue weighted by molar-refractivity contribution is 0.373. The summed E-state index contributed by atoms with van der Waals surface area (Å²) in [6, 6.07) is 3.10. The van der Waals surface area contributed by atoms with Gasteiger partial charge in [-0.15, -0.1) is 0 Å². The summed E-state index contributed by atoms with van der Waals surface area (Å²) in [5, 5.41) is 3.36. The standard InChI is InChI=1S/C13H15F2N3/c1-7-6-8(4-5-16-7)13-17-10-3-2-9(14)11(15)12(10)18-13/h2-3,7-8,16H,4-6H2,1H3,(H,17,18). The molecule has 18 heavy (non-hydrogen) atoms. The van der Waals surface area contributed by atoms with Crippen LogP contribution >= 0.6 is 0 Å². The van der Waals surface area contributed by atoms with Crippen molar-refractivity contribution in [2.45, 2.75) is 31.7 Å². The molecule has 0 spiro atoms. The Labute approximate surface area is 104 Å². The van der Waals surface area contributed by atoms with Gasteiger partial charge in [0.1, 0.15) is 11.3 Å².